The van der Waals surface area contributed by atoms with Gasteiger partial charge in [-0.05, 0) is 37.5 Å². The fourth-order valence-electron chi connectivity index (χ4n) is 3.14. The fourth-order valence-corrected chi connectivity index (χ4v) is 3.31. The van der Waals surface area contributed by atoms with Crippen LogP contribution in [0.5, 0.6) is 0 Å². The number of halogens is 1. The molecule has 1 heterocycles. The van der Waals surface area contributed by atoms with E-state index in [0.29, 0.717) is 10.7 Å². The summed E-state index contributed by atoms with van der Waals surface area (Å²) in [4.78, 5) is 26.2. The van der Waals surface area contributed by atoms with Gasteiger partial charge in [-0.3, -0.25) is 14.5 Å². The Labute approximate surface area is 117 Å². The van der Waals surface area contributed by atoms with E-state index < -0.39 is 0 Å². The number of hydrogen-bond acceptors (Lipinski definition) is 2. The first-order valence-electron chi connectivity index (χ1n) is 6.73. The molecule has 0 aromatic heterocycles. The summed E-state index contributed by atoms with van der Waals surface area (Å²) in [6.45, 7) is 1.90. The maximum Gasteiger partial charge on any atom is 0.237 e. The molecule has 0 radical (unpaired) electrons. The average Bonchev–Trinajstić information content (AvgIpc) is 2.66. The largest absolute Gasteiger partial charge is 0.274 e. The molecule has 0 unspecified atom stereocenters. The van der Waals surface area contributed by atoms with Gasteiger partial charge in [-0.15, -0.1) is 0 Å². The van der Waals surface area contributed by atoms with E-state index in [4.69, 9.17) is 11.6 Å². The Morgan fingerprint density at radius 2 is 1.68 bits per heavy atom. The summed E-state index contributed by atoms with van der Waals surface area (Å²) in [5.41, 5.74) is 1.56. The van der Waals surface area contributed by atoms with Gasteiger partial charge >= 0.3 is 0 Å². The molecule has 1 aromatic rings. The SMILES string of the molecule is Cc1ccc(N2C(=O)[C@H]3CCCC[C@H]3C2=O)cc1Cl. The van der Waals surface area contributed by atoms with E-state index in [9.17, 15) is 9.59 Å². The van der Waals surface area contributed by atoms with Crippen molar-refractivity contribution in [2.45, 2.75) is 32.6 Å². The monoisotopic (exact) mass is 277 g/mol. The Balaban J connectivity index is 1.98. The topological polar surface area (TPSA) is 37.4 Å². The number of anilines is 1. The summed E-state index contributed by atoms with van der Waals surface area (Å²) in [5, 5.41) is 0.591. The third-order valence-corrected chi connectivity index (χ3v) is 4.66. The lowest BCUT2D eigenvalue weighted by molar-refractivity contribution is -0.122. The zero-order valence-corrected chi connectivity index (χ0v) is 11.6. The first kappa shape index (κ1) is 12.7. The van der Waals surface area contributed by atoms with Crippen LogP contribution in [-0.2, 0) is 9.59 Å². The highest BCUT2D eigenvalue weighted by Gasteiger charge is 2.48. The number of nitrogens with zero attached hydrogens (tertiary/aromatic N) is 1. The molecule has 1 aliphatic carbocycles. The Hall–Kier alpha value is -1.35. The van der Waals surface area contributed by atoms with Crippen LogP contribution in [0.4, 0.5) is 5.69 Å². The van der Waals surface area contributed by atoms with Crippen LogP contribution >= 0.6 is 11.6 Å². The summed E-state index contributed by atoms with van der Waals surface area (Å²) in [6, 6.07) is 5.36. The van der Waals surface area contributed by atoms with Crippen LogP contribution in [-0.4, -0.2) is 11.8 Å². The second-order valence-corrected chi connectivity index (χ2v) is 5.85. The lowest BCUT2D eigenvalue weighted by Crippen LogP contribution is -2.30. The Morgan fingerprint density at radius 3 is 2.21 bits per heavy atom. The normalized spacial score (nSPS) is 26.7. The van der Waals surface area contributed by atoms with Crippen LogP contribution in [0.15, 0.2) is 18.2 Å². The zero-order valence-electron chi connectivity index (χ0n) is 10.9. The summed E-state index contributed by atoms with van der Waals surface area (Å²) in [5.74, 6) is -0.313. The maximum atomic E-state index is 12.4. The Bertz CT molecular complexity index is 531. The van der Waals surface area contributed by atoms with E-state index in [1.807, 2.05) is 13.0 Å². The highest BCUT2D eigenvalue weighted by Crippen LogP contribution is 2.40. The third kappa shape index (κ3) is 1.96. The van der Waals surface area contributed by atoms with Crippen molar-refractivity contribution in [3.8, 4) is 0 Å². The Kier molecular flexibility index (Phi) is 3.09. The number of carbonyl (C=O) groups excluding carboxylic acids is 2. The van der Waals surface area contributed by atoms with Gasteiger partial charge in [-0.25, -0.2) is 0 Å². The number of carbonyl (C=O) groups is 2. The number of hydrogen-bond donors (Lipinski definition) is 0. The molecule has 2 amide bonds. The van der Waals surface area contributed by atoms with Gasteiger partial charge in [0, 0.05) is 5.02 Å². The van der Waals surface area contributed by atoms with Crippen LogP contribution in [0.3, 0.4) is 0 Å². The molecule has 1 saturated heterocycles. The first-order chi connectivity index (χ1) is 9.09. The first-order valence-corrected chi connectivity index (χ1v) is 7.11. The number of fused-ring (bicyclic) bond motifs is 1. The number of imide groups is 1. The molecule has 19 heavy (non-hydrogen) atoms. The molecule has 3 rings (SSSR count). The van der Waals surface area contributed by atoms with Crippen LogP contribution in [0.2, 0.25) is 5.02 Å². The third-order valence-electron chi connectivity index (χ3n) is 4.25. The highest BCUT2D eigenvalue weighted by atomic mass is 35.5. The van der Waals surface area contributed by atoms with E-state index in [-0.39, 0.29) is 23.7 Å². The molecule has 0 N–H and O–H groups in total. The molecular weight excluding hydrogens is 262 g/mol. The van der Waals surface area contributed by atoms with Gasteiger partial charge in [0.05, 0.1) is 17.5 Å². The molecule has 2 fully saturated rings. The van der Waals surface area contributed by atoms with Gasteiger partial charge in [-0.2, -0.15) is 0 Å². The van der Waals surface area contributed by atoms with Gasteiger partial charge in [0.15, 0.2) is 0 Å². The predicted molar refractivity (Wildman–Crippen MR) is 74.1 cm³/mol. The molecular formula is C15H16ClNO2. The standard InChI is InChI=1S/C15H16ClNO2/c1-9-6-7-10(8-13(9)16)17-14(18)11-4-2-3-5-12(11)15(17)19/h6-8,11-12H,2-5H2,1H3/t11-,12+. The minimum Gasteiger partial charge on any atom is -0.274 e. The fraction of sp³-hybridized carbons (Fsp3) is 0.467. The second kappa shape index (κ2) is 4.64. The molecule has 3 nitrogen and oxygen atoms in total. The van der Waals surface area contributed by atoms with Crippen molar-refractivity contribution in [1.29, 1.82) is 0 Å². The van der Waals surface area contributed by atoms with E-state index in [2.05, 4.69) is 0 Å². The van der Waals surface area contributed by atoms with Gasteiger partial charge < -0.3 is 0 Å². The number of benzene rings is 1. The van der Waals surface area contributed by atoms with Gasteiger partial charge in [0.1, 0.15) is 0 Å². The highest BCUT2D eigenvalue weighted by molar-refractivity contribution is 6.32. The molecule has 100 valence electrons. The molecule has 1 aliphatic heterocycles. The van der Waals surface area contributed by atoms with E-state index in [0.717, 1.165) is 31.2 Å². The average molecular weight is 278 g/mol. The van der Waals surface area contributed by atoms with Crippen LogP contribution in [0.25, 0.3) is 0 Å². The smallest absolute Gasteiger partial charge is 0.237 e. The minimum absolute atomic E-state index is 0.0466. The van der Waals surface area contributed by atoms with Gasteiger partial charge in [0.25, 0.3) is 0 Å². The predicted octanol–water partition coefficient (Wildman–Crippen LogP) is 3.33. The van der Waals surface area contributed by atoms with Crippen molar-refractivity contribution in [2.24, 2.45) is 11.8 Å². The molecule has 0 spiro atoms. The number of aryl methyl sites for hydroxylation is 1. The van der Waals surface area contributed by atoms with Crippen molar-refractivity contribution < 1.29 is 9.59 Å². The Morgan fingerprint density at radius 1 is 1.11 bits per heavy atom. The molecule has 2 atom stereocenters. The van der Waals surface area contributed by atoms with E-state index in [1.54, 1.807) is 12.1 Å². The van der Waals surface area contributed by atoms with Crippen molar-refractivity contribution in [3.05, 3.63) is 28.8 Å². The van der Waals surface area contributed by atoms with Crippen LogP contribution < -0.4 is 4.90 Å². The molecule has 4 heteroatoms. The number of rotatable bonds is 1. The van der Waals surface area contributed by atoms with E-state index >= 15 is 0 Å². The van der Waals surface area contributed by atoms with Crippen molar-refractivity contribution >= 4 is 29.1 Å². The van der Waals surface area contributed by atoms with Crippen molar-refractivity contribution in [3.63, 3.8) is 0 Å². The van der Waals surface area contributed by atoms with Gasteiger partial charge in [-0.1, -0.05) is 30.5 Å². The van der Waals surface area contributed by atoms with Crippen molar-refractivity contribution in [2.75, 3.05) is 4.90 Å². The zero-order chi connectivity index (χ0) is 13.6. The lowest BCUT2D eigenvalue weighted by Gasteiger charge is -2.19. The summed E-state index contributed by atoms with van der Waals surface area (Å²) in [7, 11) is 0. The van der Waals surface area contributed by atoms with Gasteiger partial charge in [0.2, 0.25) is 11.8 Å². The van der Waals surface area contributed by atoms with E-state index in [1.165, 1.54) is 4.90 Å². The quantitative estimate of drug-likeness (QED) is 0.739. The summed E-state index contributed by atoms with van der Waals surface area (Å²) < 4.78 is 0. The second-order valence-electron chi connectivity index (χ2n) is 5.44. The summed E-state index contributed by atoms with van der Waals surface area (Å²) in [6.07, 6.45) is 3.77. The maximum absolute atomic E-state index is 12.4. The molecule has 0 bridgehead atoms. The minimum atomic E-state index is -0.110. The van der Waals surface area contributed by atoms with Crippen LogP contribution in [0.1, 0.15) is 31.2 Å². The van der Waals surface area contributed by atoms with Crippen molar-refractivity contribution in [1.82, 2.24) is 0 Å². The summed E-state index contributed by atoms with van der Waals surface area (Å²) >= 11 is 6.09. The lowest BCUT2D eigenvalue weighted by atomic mass is 9.81. The number of amides is 2. The molecule has 1 saturated carbocycles. The molecule has 1 aromatic carbocycles. The van der Waals surface area contributed by atoms with Crippen LogP contribution in [0, 0.1) is 18.8 Å². The molecule has 2 aliphatic rings.